The van der Waals surface area contributed by atoms with E-state index in [1.54, 1.807) is 31.5 Å². The number of aryl methyl sites for hydroxylation is 1. The van der Waals surface area contributed by atoms with Crippen LogP contribution in [0.15, 0.2) is 78.2 Å². The van der Waals surface area contributed by atoms with Crippen LogP contribution in [-0.2, 0) is 0 Å². The summed E-state index contributed by atoms with van der Waals surface area (Å²) in [7, 11) is 0. The van der Waals surface area contributed by atoms with Gasteiger partial charge in [0.15, 0.2) is 0 Å². The van der Waals surface area contributed by atoms with Gasteiger partial charge in [0.2, 0.25) is 0 Å². The van der Waals surface area contributed by atoms with E-state index < -0.39 is 0 Å². The number of hydrazone groups is 1. The summed E-state index contributed by atoms with van der Waals surface area (Å²) in [6, 6.07) is 18.2. The zero-order valence-electron chi connectivity index (χ0n) is 16.6. The summed E-state index contributed by atoms with van der Waals surface area (Å²) in [6.07, 6.45) is 3.40. The van der Waals surface area contributed by atoms with E-state index in [9.17, 15) is 9.90 Å². The van der Waals surface area contributed by atoms with Gasteiger partial charge in [0.25, 0.3) is 5.91 Å². The summed E-state index contributed by atoms with van der Waals surface area (Å²) < 4.78 is 0. The maximum Gasteiger partial charge on any atom is 0.272 e. The lowest BCUT2D eigenvalue weighted by Crippen LogP contribution is -2.20. The van der Waals surface area contributed by atoms with Crippen LogP contribution in [0.1, 0.15) is 28.4 Å². The Balaban J connectivity index is 1.71. The molecule has 1 amide bonds. The lowest BCUT2D eigenvalue weighted by Gasteiger charge is -2.10. The minimum absolute atomic E-state index is 0.115. The van der Waals surface area contributed by atoms with E-state index in [0.717, 1.165) is 16.5 Å². The lowest BCUT2D eigenvalue weighted by molar-refractivity contribution is 0.0956. The number of nitrogens with one attached hydrogen (secondary N) is 1. The molecule has 6 heteroatoms. The topological polar surface area (TPSA) is 87.5 Å². The van der Waals surface area contributed by atoms with Crippen LogP contribution in [0.3, 0.4) is 0 Å². The predicted octanol–water partition coefficient (Wildman–Crippen LogP) is 4.46. The van der Waals surface area contributed by atoms with E-state index in [-0.39, 0.29) is 11.7 Å². The van der Waals surface area contributed by atoms with Gasteiger partial charge in [-0.2, -0.15) is 5.10 Å². The van der Waals surface area contributed by atoms with Crippen molar-refractivity contribution in [3.05, 3.63) is 89.7 Å². The molecule has 30 heavy (non-hydrogen) atoms. The van der Waals surface area contributed by atoms with Gasteiger partial charge in [0, 0.05) is 28.9 Å². The number of aromatic nitrogens is 2. The third-order valence-electron chi connectivity index (χ3n) is 4.79. The smallest absolute Gasteiger partial charge is 0.272 e. The quantitative estimate of drug-likeness (QED) is 0.394. The minimum Gasteiger partial charge on any atom is -0.507 e. The first-order valence-corrected chi connectivity index (χ1v) is 9.48. The molecule has 4 rings (SSSR count). The van der Waals surface area contributed by atoms with Crippen LogP contribution in [0.25, 0.3) is 22.2 Å². The summed E-state index contributed by atoms with van der Waals surface area (Å²) in [6.45, 7) is 3.67. The van der Waals surface area contributed by atoms with Crippen molar-refractivity contribution in [2.45, 2.75) is 13.8 Å². The molecule has 0 aliphatic heterocycles. The molecule has 0 unspecified atom stereocenters. The first-order chi connectivity index (χ1) is 14.5. The van der Waals surface area contributed by atoms with Crippen LogP contribution in [0.5, 0.6) is 5.75 Å². The Hall–Kier alpha value is -4.06. The van der Waals surface area contributed by atoms with E-state index in [2.05, 4.69) is 20.5 Å². The number of phenolic OH excluding ortho intramolecular Hbond substituents is 1. The van der Waals surface area contributed by atoms with E-state index in [0.29, 0.717) is 28.0 Å². The van der Waals surface area contributed by atoms with Crippen LogP contribution in [0.2, 0.25) is 0 Å². The van der Waals surface area contributed by atoms with Crippen molar-refractivity contribution in [1.82, 2.24) is 15.4 Å². The van der Waals surface area contributed by atoms with Crippen molar-refractivity contribution in [2.24, 2.45) is 5.10 Å². The molecule has 0 saturated heterocycles. The number of hydrogen-bond acceptors (Lipinski definition) is 5. The maximum absolute atomic E-state index is 13.0. The fraction of sp³-hybridized carbons (Fsp3) is 0.0833. The molecule has 0 aliphatic carbocycles. The second-order valence-corrected chi connectivity index (χ2v) is 6.97. The Morgan fingerprint density at radius 2 is 1.87 bits per heavy atom. The zero-order valence-corrected chi connectivity index (χ0v) is 16.6. The van der Waals surface area contributed by atoms with Gasteiger partial charge in [0.05, 0.1) is 22.5 Å². The number of benzene rings is 2. The summed E-state index contributed by atoms with van der Waals surface area (Å²) in [5.74, 6) is -0.241. The first-order valence-electron chi connectivity index (χ1n) is 9.48. The highest BCUT2D eigenvalue weighted by Gasteiger charge is 2.14. The molecular formula is C24H20N4O2. The van der Waals surface area contributed by atoms with Gasteiger partial charge in [-0.05, 0) is 50.2 Å². The maximum atomic E-state index is 13.0. The average Bonchev–Trinajstić information content (AvgIpc) is 2.78. The highest BCUT2D eigenvalue weighted by Crippen LogP contribution is 2.24. The number of aromatic hydroxyl groups is 1. The van der Waals surface area contributed by atoms with Gasteiger partial charge in [-0.1, -0.05) is 29.8 Å². The number of fused-ring (bicyclic) bond motifs is 1. The molecule has 0 radical (unpaired) electrons. The Morgan fingerprint density at radius 1 is 1.03 bits per heavy atom. The fourth-order valence-electron chi connectivity index (χ4n) is 3.22. The average molecular weight is 396 g/mol. The molecular weight excluding hydrogens is 376 g/mol. The number of carbonyl (C=O) groups is 1. The molecule has 148 valence electrons. The number of carbonyl (C=O) groups excluding carboxylic acids is 1. The summed E-state index contributed by atoms with van der Waals surface area (Å²) in [4.78, 5) is 21.8. The molecule has 0 atom stereocenters. The zero-order chi connectivity index (χ0) is 21.1. The second kappa shape index (κ2) is 8.13. The van der Waals surface area contributed by atoms with Gasteiger partial charge < -0.3 is 5.11 Å². The Morgan fingerprint density at radius 3 is 2.67 bits per heavy atom. The van der Waals surface area contributed by atoms with E-state index >= 15 is 0 Å². The number of rotatable bonds is 4. The lowest BCUT2D eigenvalue weighted by atomic mass is 10.0. The van der Waals surface area contributed by atoms with E-state index in [1.165, 1.54) is 0 Å². The van der Waals surface area contributed by atoms with Gasteiger partial charge in [-0.15, -0.1) is 0 Å². The van der Waals surface area contributed by atoms with Crippen LogP contribution in [0, 0.1) is 6.92 Å². The Labute approximate surface area is 173 Å². The summed E-state index contributed by atoms with van der Waals surface area (Å²) >= 11 is 0. The summed E-state index contributed by atoms with van der Waals surface area (Å²) in [5, 5.41) is 15.0. The highest BCUT2D eigenvalue weighted by atomic mass is 16.3. The minimum atomic E-state index is -0.356. The normalized spacial score (nSPS) is 11.5. The van der Waals surface area contributed by atoms with Crippen molar-refractivity contribution in [3.63, 3.8) is 0 Å². The van der Waals surface area contributed by atoms with Gasteiger partial charge in [-0.25, -0.2) is 10.4 Å². The monoisotopic (exact) mass is 396 g/mol. The Bertz CT molecular complexity index is 1270. The molecule has 0 spiro atoms. The molecule has 0 aliphatic rings. The molecule has 2 aromatic carbocycles. The molecule has 4 aromatic rings. The number of amides is 1. The van der Waals surface area contributed by atoms with Crippen LogP contribution in [0.4, 0.5) is 0 Å². The number of pyridine rings is 2. The van der Waals surface area contributed by atoms with Crippen molar-refractivity contribution in [3.8, 4) is 17.0 Å². The number of nitrogens with zero attached hydrogens (tertiary/aromatic N) is 3. The number of hydrogen-bond donors (Lipinski definition) is 2. The third kappa shape index (κ3) is 3.89. The standard InChI is InChI=1S/C24H20N4O2/c1-15-9-10-23(29)19(12-15)16(2)27-28-24(30)20-13-22(17-6-5-11-25-14-17)26-21-8-4-3-7-18(20)21/h3-14,29H,1-2H3,(H,28,30)/b27-16+. The predicted molar refractivity (Wildman–Crippen MR) is 117 cm³/mol. The largest absolute Gasteiger partial charge is 0.507 e. The van der Waals surface area contributed by atoms with Crippen molar-refractivity contribution < 1.29 is 9.90 Å². The van der Waals surface area contributed by atoms with Crippen molar-refractivity contribution in [1.29, 1.82) is 0 Å². The molecule has 2 heterocycles. The molecule has 0 saturated carbocycles. The molecule has 2 N–H and O–H groups in total. The van der Waals surface area contributed by atoms with Crippen LogP contribution >= 0.6 is 0 Å². The number of phenols is 1. The first kappa shape index (κ1) is 19.3. The SMILES string of the molecule is C/C(=N\NC(=O)c1cc(-c2cccnc2)nc2ccccc12)c1cc(C)ccc1O. The summed E-state index contributed by atoms with van der Waals surface area (Å²) in [5.41, 5.74) is 7.33. The third-order valence-corrected chi connectivity index (χ3v) is 4.79. The van der Waals surface area contributed by atoms with E-state index in [1.807, 2.05) is 55.5 Å². The number of para-hydroxylation sites is 1. The molecule has 0 fully saturated rings. The van der Waals surface area contributed by atoms with Gasteiger partial charge in [0.1, 0.15) is 5.75 Å². The Kier molecular flexibility index (Phi) is 5.22. The molecule has 0 bridgehead atoms. The van der Waals surface area contributed by atoms with E-state index in [4.69, 9.17) is 0 Å². The van der Waals surface area contributed by atoms with Crippen LogP contribution in [-0.4, -0.2) is 26.7 Å². The fourth-order valence-corrected chi connectivity index (χ4v) is 3.22. The molecule has 6 nitrogen and oxygen atoms in total. The molecule has 2 aromatic heterocycles. The second-order valence-electron chi connectivity index (χ2n) is 6.97. The van der Waals surface area contributed by atoms with Crippen LogP contribution < -0.4 is 5.43 Å². The van der Waals surface area contributed by atoms with Gasteiger partial charge >= 0.3 is 0 Å². The van der Waals surface area contributed by atoms with Crippen molar-refractivity contribution >= 4 is 22.5 Å². The van der Waals surface area contributed by atoms with Gasteiger partial charge in [-0.3, -0.25) is 9.78 Å². The van der Waals surface area contributed by atoms with Crippen molar-refractivity contribution in [2.75, 3.05) is 0 Å². The highest BCUT2D eigenvalue weighted by molar-refractivity contribution is 6.08.